The summed E-state index contributed by atoms with van der Waals surface area (Å²) >= 11 is 6.20. The van der Waals surface area contributed by atoms with Crippen LogP contribution >= 0.6 is 24.0 Å². The summed E-state index contributed by atoms with van der Waals surface area (Å²) in [6, 6.07) is 0. The van der Waals surface area contributed by atoms with Crippen molar-refractivity contribution < 1.29 is 0 Å². The molecule has 0 aromatic heterocycles. The van der Waals surface area contributed by atoms with E-state index < -0.39 is 0 Å². The molecule has 0 aliphatic carbocycles. The average molecular weight is 189 g/mol. The maximum atomic E-state index is 5.24. The first-order valence-corrected chi connectivity index (χ1v) is 3.94. The van der Waals surface area contributed by atoms with Crippen molar-refractivity contribution in [3.05, 3.63) is 0 Å². The molecule has 50 valence electrons. The molecule has 9 heavy (non-hydrogen) atoms. The molecule has 1 nitrogen and oxygen atoms in total. The van der Waals surface area contributed by atoms with E-state index in [1.165, 1.54) is 0 Å². The molecule has 0 amide bonds. The van der Waals surface area contributed by atoms with Gasteiger partial charge in [0.1, 0.15) is 4.32 Å². The molecule has 0 aromatic rings. The van der Waals surface area contributed by atoms with Crippen LogP contribution in [0.5, 0.6) is 0 Å². The van der Waals surface area contributed by atoms with Crippen molar-refractivity contribution in [1.29, 1.82) is 0 Å². The molecule has 0 radical (unpaired) electrons. The van der Waals surface area contributed by atoms with Crippen LogP contribution in [0.25, 0.3) is 0 Å². The Morgan fingerprint density at radius 3 is 2.22 bits per heavy atom. The monoisotopic (exact) mass is 189 g/mol. The van der Waals surface area contributed by atoms with Gasteiger partial charge in [-0.05, 0) is 5.92 Å². The van der Waals surface area contributed by atoms with Crippen molar-refractivity contribution in [2.24, 2.45) is 11.7 Å². The maximum absolute atomic E-state index is 5.24. The van der Waals surface area contributed by atoms with Gasteiger partial charge < -0.3 is 5.73 Å². The van der Waals surface area contributed by atoms with E-state index >= 15 is 0 Å². The molecule has 0 saturated carbocycles. The molecule has 0 saturated heterocycles. The fraction of sp³-hybridized carbons (Fsp3) is 0.800. The minimum atomic E-state index is 0. The fourth-order valence-corrected chi connectivity index (χ4v) is 0.951. The molecule has 0 aliphatic rings. The van der Waals surface area contributed by atoms with Crippen molar-refractivity contribution in [2.75, 3.05) is 5.75 Å². The Morgan fingerprint density at radius 2 is 2.11 bits per heavy atom. The van der Waals surface area contributed by atoms with Gasteiger partial charge in [0.15, 0.2) is 0 Å². The van der Waals surface area contributed by atoms with Crippen LogP contribution in [0.4, 0.5) is 0 Å². The number of thiocarbonyl (C=S) groups is 1. The Balaban J connectivity index is 0. The summed E-state index contributed by atoms with van der Waals surface area (Å²) in [4.78, 5) is 0. The van der Waals surface area contributed by atoms with Crippen LogP contribution in [0, 0.1) is 5.92 Å². The SMILES string of the molecule is CC(C)CSC(N)=S.[KH]. The van der Waals surface area contributed by atoms with Crippen molar-refractivity contribution in [1.82, 2.24) is 0 Å². The first kappa shape index (κ1) is 13.5. The first-order chi connectivity index (χ1) is 3.63. The molecule has 0 bridgehead atoms. The topological polar surface area (TPSA) is 26.0 Å². The third kappa shape index (κ3) is 13.0. The summed E-state index contributed by atoms with van der Waals surface area (Å²) in [5.41, 5.74) is 5.24. The van der Waals surface area contributed by atoms with Gasteiger partial charge in [-0.25, -0.2) is 0 Å². The number of nitrogens with two attached hydrogens (primary N) is 1. The number of hydrogen-bond acceptors (Lipinski definition) is 2. The zero-order valence-electron chi connectivity index (χ0n) is 5.18. The second-order valence-electron chi connectivity index (χ2n) is 2.02. The summed E-state index contributed by atoms with van der Waals surface area (Å²) in [6.07, 6.45) is 0. The van der Waals surface area contributed by atoms with Crippen molar-refractivity contribution >= 4 is 79.7 Å². The quantitative estimate of drug-likeness (QED) is 0.518. The van der Waals surface area contributed by atoms with E-state index in [4.69, 9.17) is 5.73 Å². The molecule has 4 heteroatoms. The Morgan fingerprint density at radius 1 is 1.67 bits per heavy atom. The van der Waals surface area contributed by atoms with Gasteiger partial charge in [-0.2, -0.15) is 0 Å². The summed E-state index contributed by atoms with van der Waals surface area (Å²) in [5.74, 6) is 1.72. The summed E-state index contributed by atoms with van der Waals surface area (Å²) < 4.78 is 0.554. The molecule has 0 unspecified atom stereocenters. The van der Waals surface area contributed by atoms with Crippen LogP contribution in [0.1, 0.15) is 13.8 Å². The van der Waals surface area contributed by atoms with Crippen molar-refractivity contribution in [3.63, 3.8) is 0 Å². The Labute approximate surface area is 109 Å². The Hall–Kier alpha value is 1.88. The second kappa shape index (κ2) is 7.98. The number of rotatable bonds is 2. The fourth-order valence-electron chi connectivity index (χ4n) is 0.249. The Bertz CT molecular complexity index is 85.0. The molecule has 0 spiro atoms. The third-order valence-electron chi connectivity index (χ3n) is 0.559. The minimum absolute atomic E-state index is 0. The van der Waals surface area contributed by atoms with E-state index in [0.717, 1.165) is 5.75 Å². The van der Waals surface area contributed by atoms with Crippen molar-refractivity contribution in [3.8, 4) is 0 Å². The van der Waals surface area contributed by atoms with Crippen LogP contribution in [-0.2, 0) is 0 Å². The van der Waals surface area contributed by atoms with E-state index in [2.05, 4.69) is 26.1 Å². The molecule has 0 heterocycles. The van der Waals surface area contributed by atoms with E-state index in [1.807, 2.05) is 0 Å². The molecule has 0 aliphatic heterocycles. The van der Waals surface area contributed by atoms with Crippen molar-refractivity contribution in [2.45, 2.75) is 13.8 Å². The summed E-state index contributed by atoms with van der Waals surface area (Å²) in [5, 5.41) is 0. The standard InChI is InChI=1S/C5H11NS2.K.H/c1-4(2)3-8-5(6)7;;/h4H,3H2,1-2H3,(H2,6,7);;. The van der Waals surface area contributed by atoms with Gasteiger partial charge in [0.05, 0.1) is 0 Å². The average Bonchev–Trinajstić information content (AvgIpc) is 1.61. The van der Waals surface area contributed by atoms with E-state index in [1.54, 1.807) is 11.8 Å². The molecular weight excluding hydrogens is 177 g/mol. The van der Waals surface area contributed by atoms with Gasteiger partial charge in [-0.1, -0.05) is 37.8 Å². The predicted molar refractivity (Wildman–Crippen MR) is 51.2 cm³/mol. The normalized spacial score (nSPS) is 8.78. The molecule has 0 atom stereocenters. The number of hydrogen-bond donors (Lipinski definition) is 1. The van der Waals surface area contributed by atoms with Crippen LogP contribution in [-0.4, -0.2) is 61.5 Å². The van der Waals surface area contributed by atoms with Crippen LogP contribution in [0.15, 0.2) is 0 Å². The van der Waals surface area contributed by atoms with Gasteiger partial charge in [-0.15, -0.1) is 0 Å². The predicted octanol–water partition coefficient (Wildman–Crippen LogP) is 0.971. The molecule has 2 N–H and O–H groups in total. The zero-order valence-corrected chi connectivity index (χ0v) is 6.81. The number of thioether (sulfide) groups is 1. The Kier molecular flexibility index (Phi) is 11.9. The van der Waals surface area contributed by atoms with Crippen LogP contribution < -0.4 is 5.73 Å². The van der Waals surface area contributed by atoms with E-state index in [9.17, 15) is 0 Å². The first-order valence-electron chi connectivity index (χ1n) is 2.55. The summed E-state index contributed by atoms with van der Waals surface area (Å²) in [6.45, 7) is 4.29. The van der Waals surface area contributed by atoms with E-state index in [-0.39, 0.29) is 51.4 Å². The third-order valence-corrected chi connectivity index (χ3v) is 2.03. The summed E-state index contributed by atoms with van der Waals surface area (Å²) in [7, 11) is 0. The van der Waals surface area contributed by atoms with Gasteiger partial charge in [0, 0.05) is 5.75 Å². The van der Waals surface area contributed by atoms with Crippen LogP contribution in [0.2, 0.25) is 0 Å². The molecule has 0 rings (SSSR count). The van der Waals surface area contributed by atoms with Gasteiger partial charge in [-0.3, -0.25) is 0 Å². The van der Waals surface area contributed by atoms with Crippen LogP contribution in [0.3, 0.4) is 0 Å². The second-order valence-corrected chi connectivity index (χ2v) is 3.78. The van der Waals surface area contributed by atoms with E-state index in [0.29, 0.717) is 10.2 Å². The molecular formula is C5H12KNS2. The zero-order chi connectivity index (χ0) is 6.57. The molecule has 0 aromatic carbocycles. The molecule has 0 fully saturated rings. The van der Waals surface area contributed by atoms with Gasteiger partial charge in [0.25, 0.3) is 0 Å². The van der Waals surface area contributed by atoms with Gasteiger partial charge >= 0.3 is 51.4 Å². The van der Waals surface area contributed by atoms with Gasteiger partial charge in [0.2, 0.25) is 0 Å².